The number of nitrogens with zero attached hydrogens (tertiary/aromatic N) is 4. The standard InChI is InChI=1S/C25H29N5O2S/c1-3-29(4-2)16-7-17-30-24(32)21-8-5-6-9-22(21)28-25(30)33-18-23(31)27-20-12-10-19(11-13-20)14-15-26/h5-6,8-13H,3-4,7,14,16-18H2,1-2H3,(H,27,31). The van der Waals surface area contributed by atoms with Gasteiger partial charge in [0.15, 0.2) is 5.16 Å². The van der Waals surface area contributed by atoms with E-state index in [0.29, 0.717) is 34.7 Å². The molecule has 8 heteroatoms. The molecule has 0 aliphatic heterocycles. The molecule has 7 nitrogen and oxygen atoms in total. The lowest BCUT2D eigenvalue weighted by molar-refractivity contribution is -0.113. The van der Waals surface area contributed by atoms with E-state index in [-0.39, 0.29) is 17.2 Å². The van der Waals surface area contributed by atoms with E-state index >= 15 is 0 Å². The third-order valence-corrected chi connectivity index (χ3v) is 6.41. The predicted molar refractivity (Wildman–Crippen MR) is 134 cm³/mol. The number of rotatable bonds is 11. The monoisotopic (exact) mass is 463 g/mol. The minimum absolute atomic E-state index is 0.0730. The number of anilines is 1. The zero-order chi connectivity index (χ0) is 23.6. The maximum absolute atomic E-state index is 13.2. The number of carbonyl (C=O) groups is 1. The third-order valence-electron chi connectivity index (χ3n) is 5.43. The summed E-state index contributed by atoms with van der Waals surface area (Å²) in [4.78, 5) is 32.7. The van der Waals surface area contributed by atoms with E-state index in [9.17, 15) is 9.59 Å². The fourth-order valence-corrected chi connectivity index (χ4v) is 4.40. The van der Waals surface area contributed by atoms with Crippen LogP contribution < -0.4 is 10.9 Å². The minimum Gasteiger partial charge on any atom is -0.325 e. The van der Waals surface area contributed by atoms with Crippen LogP contribution in [0.15, 0.2) is 58.5 Å². The molecule has 0 radical (unpaired) electrons. The smallest absolute Gasteiger partial charge is 0.262 e. The summed E-state index contributed by atoms with van der Waals surface area (Å²) in [6, 6.07) is 16.6. The first kappa shape index (κ1) is 24.5. The van der Waals surface area contributed by atoms with E-state index in [1.807, 2.05) is 30.3 Å². The van der Waals surface area contributed by atoms with Crippen LogP contribution in [0, 0.1) is 11.3 Å². The maximum atomic E-state index is 13.2. The second kappa shape index (κ2) is 12.2. The first-order valence-electron chi connectivity index (χ1n) is 11.2. The van der Waals surface area contributed by atoms with Gasteiger partial charge in [0.1, 0.15) is 0 Å². The number of nitrogens with one attached hydrogen (secondary N) is 1. The Morgan fingerprint density at radius 2 is 1.88 bits per heavy atom. The summed E-state index contributed by atoms with van der Waals surface area (Å²) in [7, 11) is 0. The van der Waals surface area contributed by atoms with Crippen LogP contribution in [0.2, 0.25) is 0 Å². The summed E-state index contributed by atoms with van der Waals surface area (Å²) in [5, 5.41) is 12.8. The fraction of sp³-hybridized carbons (Fsp3) is 0.360. The number of thioether (sulfide) groups is 1. The molecular weight excluding hydrogens is 434 g/mol. The molecule has 0 bridgehead atoms. The molecule has 1 heterocycles. The molecule has 0 unspecified atom stereocenters. The number of benzene rings is 2. The Balaban J connectivity index is 1.73. The van der Waals surface area contributed by atoms with Gasteiger partial charge in [0.2, 0.25) is 5.91 Å². The van der Waals surface area contributed by atoms with Gasteiger partial charge in [-0.05, 0) is 55.9 Å². The van der Waals surface area contributed by atoms with E-state index in [2.05, 4.69) is 35.1 Å². The van der Waals surface area contributed by atoms with Gasteiger partial charge < -0.3 is 10.2 Å². The molecule has 1 N–H and O–H groups in total. The van der Waals surface area contributed by atoms with Crippen molar-refractivity contribution in [1.82, 2.24) is 14.5 Å². The zero-order valence-electron chi connectivity index (χ0n) is 19.1. The minimum atomic E-state index is -0.176. The topological polar surface area (TPSA) is 91.0 Å². The van der Waals surface area contributed by atoms with Gasteiger partial charge in [-0.25, -0.2) is 4.98 Å². The Morgan fingerprint density at radius 1 is 1.15 bits per heavy atom. The van der Waals surface area contributed by atoms with Crippen molar-refractivity contribution in [2.24, 2.45) is 0 Å². The van der Waals surface area contributed by atoms with Gasteiger partial charge in [-0.3, -0.25) is 14.2 Å². The number of hydrogen-bond acceptors (Lipinski definition) is 6. The summed E-state index contributed by atoms with van der Waals surface area (Å²) < 4.78 is 1.69. The highest BCUT2D eigenvalue weighted by molar-refractivity contribution is 7.99. The SMILES string of the molecule is CCN(CC)CCCn1c(SCC(=O)Nc2ccc(CC#N)cc2)nc2ccccc2c1=O. The van der Waals surface area contributed by atoms with E-state index < -0.39 is 0 Å². The second-order valence-corrected chi connectivity index (χ2v) is 8.56. The Bertz CT molecular complexity index is 1180. The molecular formula is C25H29N5O2S. The van der Waals surface area contributed by atoms with Gasteiger partial charge >= 0.3 is 0 Å². The average Bonchev–Trinajstić information content (AvgIpc) is 2.83. The number of carbonyl (C=O) groups excluding carboxylic acids is 1. The molecule has 0 saturated heterocycles. The van der Waals surface area contributed by atoms with Crippen LogP contribution in [0.1, 0.15) is 25.8 Å². The largest absolute Gasteiger partial charge is 0.325 e. The second-order valence-electron chi connectivity index (χ2n) is 7.62. The van der Waals surface area contributed by atoms with Crippen LogP contribution in [0.5, 0.6) is 0 Å². The van der Waals surface area contributed by atoms with Crippen LogP contribution in [0.4, 0.5) is 5.69 Å². The molecule has 33 heavy (non-hydrogen) atoms. The lowest BCUT2D eigenvalue weighted by Gasteiger charge is -2.19. The van der Waals surface area contributed by atoms with Gasteiger partial charge in [-0.1, -0.05) is 49.9 Å². The van der Waals surface area contributed by atoms with Crippen LogP contribution in [-0.4, -0.2) is 45.7 Å². The van der Waals surface area contributed by atoms with Gasteiger partial charge in [0.05, 0.1) is 29.1 Å². The Morgan fingerprint density at radius 3 is 2.58 bits per heavy atom. The van der Waals surface area contributed by atoms with Gasteiger partial charge in [-0.2, -0.15) is 5.26 Å². The molecule has 1 amide bonds. The summed E-state index contributed by atoms with van der Waals surface area (Å²) >= 11 is 1.27. The third kappa shape index (κ3) is 6.67. The molecule has 0 saturated carbocycles. The van der Waals surface area contributed by atoms with E-state index in [0.717, 1.165) is 31.6 Å². The highest BCUT2D eigenvalue weighted by Crippen LogP contribution is 2.19. The molecule has 3 rings (SSSR count). The lowest BCUT2D eigenvalue weighted by Crippen LogP contribution is -2.28. The van der Waals surface area contributed by atoms with Crippen LogP contribution in [-0.2, 0) is 17.8 Å². The van der Waals surface area contributed by atoms with Crippen molar-refractivity contribution in [3.63, 3.8) is 0 Å². The van der Waals surface area contributed by atoms with E-state index in [4.69, 9.17) is 5.26 Å². The zero-order valence-corrected chi connectivity index (χ0v) is 19.9. The van der Waals surface area contributed by atoms with E-state index in [1.54, 1.807) is 22.8 Å². The van der Waals surface area contributed by atoms with Crippen LogP contribution in [0.25, 0.3) is 10.9 Å². The Hall–Kier alpha value is -3.15. The van der Waals surface area contributed by atoms with Gasteiger partial charge in [0.25, 0.3) is 5.56 Å². The molecule has 1 aromatic heterocycles. The van der Waals surface area contributed by atoms with Crippen molar-refractivity contribution in [1.29, 1.82) is 5.26 Å². The number of hydrogen-bond donors (Lipinski definition) is 1. The van der Waals surface area contributed by atoms with Crippen molar-refractivity contribution in [2.75, 3.05) is 30.7 Å². The van der Waals surface area contributed by atoms with Crippen LogP contribution >= 0.6 is 11.8 Å². The van der Waals surface area contributed by atoms with Crippen molar-refractivity contribution in [3.8, 4) is 6.07 Å². The van der Waals surface area contributed by atoms with Crippen molar-refractivity contribution in [2.45, 2.75) is 38.4 Å². The number of fused-ring (bicyclic) bond motifs is 1. The lowest BCUT2D eigenvalue weighted by atomic mass is 10.1. The summed E-state index contributed by atoms with van der Waals surface area (Å²) in [6.07, 6.45) is 1.17. The maximum Gasteiger partial charge on any atom is 0.262 e. The quantitative estimate of drug-likeness (QED) is 0.342. The number of aromatic nitrogens is 2. The van der Waals surface area contributed by atoms with E-state index in [1.165, 1.54) is 11.8 Å². The Labute approximate surface area is 198 Å². The molecule has 3 aromatic rings. The normalized spacial score (nSPS) is 11.0. The molecule has 0 spiro atoms. The first-order chi connectivity index (χ1) is 16.0. The van der Waals surface area contributed by atoms with Crippen molar-refractivity contribution < 1.29 is 4.79 Å². The molecule has 0 aliphatic rings. The predicted octanol–water partition coefficient (Wildman–Crippen LogP) is 3.93. The van der Waals surface area contributed by atoms with Crippen LogP contribution in [0.3, 0.4) is 0 Å². The van der Waals surface area contributed by atoms with Crippen molar-refractivity contribution >= 4 is 34.3 Å². The average molecular weight is 464 g/mol. The molecule has 0 fully saturated rings. The molecule has 172 valence electrons. The molecule has 0 atom stereocenters. The summed E-state index contributed by atoms with van der Waals surface area (Å²) in [6.45, 7) is 7.66. The summed E-state index contributed by atoms with van der Waals surface area (Å²) in [5.74, 6) is -0.0361. The fourth-order valence-electron chi connectivity index (χ4n) is 3.57. The number of nitriles is 1. The Kier molecular flexibility index (Phi) is 9.04. The molecule has 0 aliphatic carbocycles. The summed E-state index contributed by atoms with van der Waals surface area (Å²) in [5.41, 5.74) is 2.14. The number of para-hydroxylation sites is 1. The highest BCUT2D eigenvalue weighted by atomic mass is 32.2. The van der Waals surface area contributed by atoms with Crippen molar-refractivity contribution in [3.05, 3.63) is 64.4 Å². The number of amides is 1. The highest BCUT2D eigenvalue weighted by Gasteiger charge is 2.14. The van der Waals surface area contributed by atoms with Gasteiger partial charge in [-0.15, -0.1) is 0 Å². The van der Waals surface area contributed by atoms with Gasteiger partial charge in [0, 0.05) is 12.2 Å². The molecule has 2 aromatic carbocycles. The first-order valence-corrected chi connectivity index (χ1v) is 12.1.